The number of alkyl halides is 3. The number of carbonyl (C=O) groups excluding carboxylic acids is 5. The van der Waals surface area contributed by atoms with Crippen LogP contribution in [0.15, 0.2) is 29.5 Å². The number of β-lactam (4-membered cyclic amide) rings is 1. The number of fused-ring (bicyclic) bond motifs is 2. The number of unbranched alkanes of at least 4 members (excludes halogenated alkanes) is 5. The molecule has 54 heavy (non-hydrogen) atoms. The fraction of sp³-hybridized carbons (Fsp3) is 0.639. The van der Waals surface area contributed by atoms with Crippen LogP contribution < -0.4 is 14.8 Å². The van der Waals surface area contributed by atoms with Crippen molar-refractivity contribution in [3.05, 3.63) is 35.0 Å². The van der Waals surface area contributed by atoms with Crippen LogP contribution in [0, 0.1) is 5.92 Å². The van der Waals surface area contributed by atoms with E-state index in [1.807, 2.05) is 18.2 Å². The van der Waals surface area contributed by atoms with Crippen molar-refractivity contribution in [1.29, 1.82) is 0 Å². The maximum absolute atomic E-state index is 12.9. The number of halogens is 3. The van der Waals surface area contributed by atoms with E-state index in [4.69, 9.17) is 58.5 Å². The number of ether oxygens (including phenoxy) is 5. The molecule has 1 fully saturated rings. The highest BCUT2D eigenvalue weighted by molar-refractivity contribution is 8.00. The van der Waals surface area contributed by atoms with E-state index in [0.29, 0.717) is 12.4 Å². The molecule has 3 aliphatic heterocycles. The number of hydrogen-bond donors (Lipinski definition) is 1. The summed E-state index contributed by atoms with van der Waals surface area (Å²) in [5.74, 6) is -2.91. The molecule has 1 N–H and O–H groups in total. The number of rotatable bonds is 18. The van der Waals surface area contributed by atoms with Gasteiger partial charge in [0.2, 0.25) is 12.7 Å². The smallest absolute Gasteiger partial charge is 0.357 e. The van der Waals surface area contributed by atoms with Crippen molar-refractivity contribution >= 4 is 87.5 Å². The summed E-state index contributed by atoms with van der Waals surface area (Å²) < 4.78 is 35.4. The van der Waals surface area contributed by atoms with E-state index in [1.165, 1.54) is 56.4 Å². The first-order chi connectivity index (χ1) is 25.6. The molecular weight excluding hydrogens is 807 g/mol. The summed E-state index contributed by atoms with van der Waals surface area (Å²) in [4.78, 5) is 62.5. The molecule has 18 heteroatoms. The lowest BCUT2D eigenvalue weighted by atomic mass is 9.95. The van der Waals surface area contributed by atoms with Crippen molar-refractivity contribution in [3.8, 4) is 11.5 Å². The number of amides is 2. The monoisotopic (exact) mass is 854 g/mol. The Morgan fingerprint density at radius 2 is 1.70 bits per heavy atom. The van der Waals surface area contributed by atoms with Crippen LogP contribution in [0.25, 0.3) is 0 Å². The van der Waals surface area contributed by atoms with Crippen molar-refractivity contribution in [1.82, 2.24) is 10.2 Å². The van der Waals surface area contributed by atoms with Crippen LogP contribution in [0.3, 0.4) is 0 Å². The van der Waals surface area contributed by atoms with Gasteiger partial charge in [-0.1, -0.05) is 73.1 Å². The fourth-order valence-corrected chi connectivity index (χ4v) is 9.11. The normalized spacial score (nSPS) is 19.9. The summed E-state index contributed by atoms with van der Waals surface area (Å²) in [7, 11) is 2.26. The van der Waals surface area contributed by atoms with Crippen LogP contribution in [0.5, 0.6) is 11.5 Å². The standard InChI is InChI=1S/C18H21Cl3N2O8S.C18H28O3S/c1-7-10(5-9(15(26)29-3)16(27)30-4)32-14-11(22-8(2)24)13(25)23(14)12(7)17(28)31-18(20,21)6-19;1-3-4-5-6-7-8-11-22(19)15(2)12-16-9-10-17-18(13-16)21-14-20-17/h9-11,14H,5-6H2,1-4H3,(H,22,24);9-10,13,15H,3-8,11-12,14H2,1-2H3/t10?,11?,14-;/m1./s1. The highest BCUT2D eigenvalue weighted by Crippen LogP contribution is 2.47. The number of benzene rings is 1. The quantitative estimate of drug-likeness (QED) is 0.0361. The lowest BCUT2D eigenvalue weighted by molar-refractivity contribution is -0.159. The van der Waals surface area contributed by atoms with Gasteiger partial charge >= 0.3 is 17.9 Å². The van der Waals surface area contributed by atoms with Crippen molar-refractivity contribution in [2.75, 3.05) is 32.6 Å². The minimum absolute atomic E-state index is 0.0969. The molecule has 5 atom stereocenters. The Morgan fingerprint density at radius 3 is 2.31 bits per heavy atom. The Hall–Kier alpha value is -2.56. The molecule has 0 aromatic heterocycles. The topological polar surface area (TPSA) is 170 Å². The number of nitrogens with one attached hydrogen (secondary N) is 1. The zero-order chi connectivity index (χ0) is 40.2. The third-order valence-corrected chi connectivity index (χ3v) is 13.4. The Morgan fingerprint density at radius 1 is 1.07 bits per heavy atom. The van der Waals surface area contributed by atoms with Crippen LogP contribution in [-0.2, 0) is 55.8 Å². The third-order valence-electron chi connectivity index (χ3n) is 8.92. The molecule has 1 saturated heterocycles. The van der Waals surface area contributed by atoms with Gasteiger partial charge < -0.3 is 33.6 Å². The minimum Gasteiger partial charge on any atom is -0.616 e. The van der Waals surface area contributed by atoms with Gasteiger partial charge in [0, 0.05) is 18.6 Å². The van der Waals surface area contributed by atoms with Gasteiger partial charge in [0.15, 0.2) is 17.4 Å². The zero-order valence-electron chi connectivity index (χ0n) is 31.3. The van der Waals surface area contributed by atoms with Crippen LogP contribution in [-0.4, -0.2) is 98.3 Å². The van der Waals surface area contributed by atoms with E-state index in [1.54, 1.807) is 6.92 Å². The Kier molecular flexibility index (Phi) is 18.4. The molecule has 0 aliphatic carbocycles. The third kappa shape index (κ3) is 12.5. The van der Waals surface area contributed by atoms with Gasteiger partial charge in [0.25, 0.3) is 10.4 Å². The summed E-state index contributed by atoms with van der Waals surface area (Å²) in [6.07, 6.45) is 8.23. The first-order valence-corrected chi connectivity index (χ1v) is 21.2. The molecule has 302 valence electrons. The lowest BCUT2D eigenvalue weighted by Crippen LogP contribution is -2.71. The van der Waals surface area contributed by atoms with Crippen molar-refractivity contribution in [2.24, 2.45) is 5.92 Å². The van der Waals surface area contributed by atoms with E-state index in [-0.39, 0.29) is 17.4 Å². The number of methoxy groups -OCH3 is 2. The van der Waals surface area contributed by atoms with E-state index in [0.717, 1.165) is 49.2 Å². The highest BCUT2D eigenvalue weighted by Gasteiger charge is 2.56. The predicted molar refractivity (Wildman–Crippen MR) is 208 cm³/mol. The summed E-state index contributed by atoms with van der Waals surface area (Å²) in [6, 6.07) is 5.09. The highest BCUT2D eigenvalue weighted by atomic mass is 35.5. The summed E-state index contributed by atoms with van der Waals surface area (Å²) in [6.45, 7) is 7.40. The SMILES string of the molecule is CCCCCCCC[S+]([O-])C(C)Cc1ccc2c(c1)OCO2.COC(=O)C(CC1S[C@@H]2C(NC(C)=O)C(=O)N2C(C(=O)OC(Cl)(Cl)CCl)=C1C)C(=O)OC. The van der Waals surface area contributed by atoms with Crippen LogP contribution in [0.4, 0.5) is 0 Å². The van der Waals surface area contributed by atoms with Gasteiger partial charge in [-0.05, 0) is 56.4 Å². The Balaban J connectivity index is 0.000000311. The molecule has 0 spiro atoms. The maximum Gasteiger partial charge on any atom is 0.357 e. The van der Waals surface area contributed by atoms with Gasteiger partial charge in [0.1, 0.15) is 28.1 Å². The maximum atomic E-state index is 12.9. The average molecular weight is 856 g/mol. The number of carbonyl (C=O) groups is 5. The largest absolute Gasteiger partial charge is 0.616 e. The Labute approximate surface area is 338 Å². The molecule has 0 bridgehead atoms. The van der Waals surface area contributed by atoms with Crippen molar-refractivity contribution in [2.45, 2.75) is 105 Å². The van der Waals surface area contributed by atoms with Gasteiger partial charge in [-0.15, -0.1) is 23.4 Å². The second-order valence-electron chi connectivity index (χ2n) is 13.0. The van der Waals surface area contributed by atoms with Gasteiger partial charge in [0.05, 0.1) is 20.1 Å². The van der Waals surface area contributed by atoms with Crippen molar-refractivity contribution < 1.29 is 52.2 Å². The van der Waals surface area contributed by atoms with Gasteiger partial charge in [-0.2, -0.15) is 0 Å². The van der Waals surface area contributed by atoms with Crippen molar-refractivity contribution in [3.63, 3.8) is 0 Å². The molecule has 0 saturated carbocycles. The predicted octanol–water partition coefficient (Wildman–Crippen LogP) is 5.77. The van der Waals surface area contributed by atoms with E-state index in [9.17, 15) is 28.5 Å². The minimum atomic E-state index is -2.05. The fourth-order valence-electron chi connectivity index (χ4n) is 6.01. The van der Waals surface area contributed by atoms with Crippen LogP contribution in [0.1, 0.15) is 78.2 Å². The number of hydrogen-bond acceptors (Lipinski definition) is 12. The molecule has 1 aromatic rings. The summed E-state index contributed by atoms with van der Waals surface area (Å²) >= 11 is 17.7. The van der Waals surface area contributed by atoms with Crippen LogP contribution >= 0.6 is 46.6 Å². The first kappa shape index (κ1) is 45.8. The summed E-state index contributed by atoms with van der Waals surface area (Å²) in [5, 5.41) is 1.39. The molecule has 3 aliphatic rings. The molecule has 4 rings (SSSR count). The van der Waals surface area contributed by atoms with E-state index >= 15 is 0 Å². The number of esters is 3. The molecular formula is C36H49Cl3N2O11S2. The van der Waals surface area contributed by atoms with Gasteiger partial charge in [-0.25, -0.2) is 4.79 Å². The molecule has 4 unspecified atom stereocenters. The van der Waals surface area contributed by atoms with Crippen LogP contribution in [0.2, 0.25) is 0 Å². The second-order valence-corrected chi connectivity index (χ2v) is 18.0. The van der Waals surface area contributed by atoms with E-state index in [2.05, 4.69) is 19.2 Å². The lowest BCUT2D eigenvalue weighted by Gasteiger charge is -2.51. The average Bonchev–Trinajstić information content (AvgIpc) is 3.62. The Bertz CT molecular complexity index is 1520. The zero-order valence-corrected chi connectivity index (χ0v) is 35.2. The van der Waals surface area contributed by atoms with E-state index < -0.39 is 73.9 Å². The molecule has 2 amide bonds. The summed E-state index contributed by atoms with van der Waals surface area (Å²) in [5.41, 5.74) is 1.35. The molecule has 1 aromatic carbocycles. The molecule has 0 radical (unpaired) electrons. The second kappa shape index (κ2) is 21.7. The first-order valence-electron chi connectivity index (χ1n) is 17.6. The molecule has 13 nitrogen and oxygen atoms in total. The van der Waals surface area contributed by atoms with Gasteiger partial charge in [-0.3, -0.25) is 24.1 Å². The number of nitrogens with zero attached hydrogens (tertiary/aromatic N) is 1. The number of thioether (sulfide) groups is 1. The molecule has 3 heterocycles.